The highest BCUT2D eigenvalue weighted by Gasteiger charge is 2.38. The molecule has 5 nitrogen and oxygen atoms in total. The second kappa shape index (κ2) is 3.95. The predicted octanol–water partition coefficient (Wildman–Crippen LogP) is 1.89. The van der Waals surface area contributed by atoms with E-state index < -0.39 is 0 Å². The Balaban J connectivity index is 2.03. The van der Waals surface area contributed by atoms with E-state index in [-0.39, 0.29) is 5.60 Å². The van der Waals surface area contributed by atoms with E-state index in [9.17, 15) is 0 Å². The molecule has 1 saturated carbocycles. The standard InChI is InChI=1S/C13H18N4O/c1-9-6-10-11(15-7-9)17(12(14)16-10)8-13(18-2)4-3-5-13/h6-7H,3-5,8H2,1-2H3,(H2,14,16). The molecule has 0 aromatic carbocycles. The van der Waals surface area contributed by atoms with Crippen LogP contribution in [0.2, 0.25) is 0 Å². The lowest BCUT2D eigenvalue weighted by Gasteiger charge is -2.40. The van der Waals surface area contributed by atoms with Crippen LogP contribution in [0.5, 0.6) is 0 Å². The number of hydrogen-bond donors (Lipinski definition) is 1. The number of aryl methyl sites for hydroxylation is 1. The van der Waals surface area contributed by atoms with Crippen molar-refractivity contribution in [2.75, 3.05) is 12.8 Å². The third-order valence-electron chi connectivity index (χ3n) is 3.90. The molecule has 0 spiro atoms. The molecule has 2 aromatic heterocycles. The second-order valence-electron chi connectivity index (χ2n) is 5.15. The SMILES string of the molecule is COC1(Cn2c(N)nc3cc(C)cnc32)CCC1. The normalized spacial score (nSPS) is 17.9. The highest BCUT2D eigenvalue weighted by Crippen LogP contribution is 2.37. The molecule has 0 amide bonds. The molecule has 18 heavy (non-hydrogen) atoms. The first kappa shape index (κ1) is 11.5. The van der Waals surface area contributed by atoms with Crippen LogP contribution in [0.1, 0.15) is 24.8 Å². The smallest absolute Gasteiger partial charge is 0.202 e. The first-order valence-electron chi connectivity index (χ1n) is 6.27. The van der Waals surface area contributed by atoms with Gasteiger partial charge in [-0.1, -0.05) is 0 Å². The van der Waals surface area contributed by atoms with Crippen LogP contribution < -0.4 is 5.73 Å². The van der Waals surface area contributed by atoms with Crippen LogP contribution in [0.25, 0.3) is 11.2 Å². The van der Waals surface area contributed by atoms with Gasteiger partial charge in [0.15, 0.2) is 5.65 Å². The molecule has 1 aliphatic rings. The third-order valence-corrected chi connectivity index (χ3v) is 3.90. The average molecular weight is 246 g/mol. The van der Waals surface area contributed by atoms with Crippen LogP contribution in [-0.2, 0) is 11.3 Å². The van der Waals surface area contributed by atoms with Crippen molar-refractivity contribution in [1.29, 1.82) is 0 Å². The van der Waals surface area contributed by atoms with Crippen molar-refractivity contribution in [1.82, 2.24) is 14.5 Å². The van der Waals surface area contributed by atoms with Gasteiger partial charge in [-0.2, -0.15) is 0 Å². The molecule has 0 bridgehead atoms. The number of nitrogens with zero attached hydrogens (tertiary/aromatic N) is 3. The summed E-state index contributed by atoms with van der Waals surface area (Å²) < 4.78 is 7.61. The van der Waals surface area contributed by atoms with E-state index >= 15 is 0 Å². The predicted molar refractivity (Wildman–Crippen MR) is 70.3 cm³/mol. The Morgan fingerprint density at radius 1 is 1.50 bits per heavy atom. The lowest BCUT2D eigenvalue weighted by atomic mass is 9.80. The van der Waals surface area contributed by atoms with Crippen LogP contribution >= 0.6 is 0 Å². The molecule has 0 radical (unpaired) electrons. The second-order valence-corrected chi connectivity index (χ2v) is 5.15. The highest BCUT2D eigenvalue weighted by atomic mass is 16.5. The van der Waals surface area contributed by atoms with E-state index in [0.29, 0.717) is 5.95 Å². The van der Waals surface area contributed by atoms with E-state index in [2.05, 4.69) is 9.97 Å². The van der Waals surface area contributed by atoms with Gasteiger partial charge in [0, 0.05) is 13.3 Å². The number of methoxy groups -OCH3 is 1. The third kappa shape index (κ3) is 1.66. The van der Waals surface area contributed by atoms with Crippen LogP contribution in [0.3, 0.4) is 0 Å². The molecular weight excluding hydrogens is 228 g/mol. The van der Waals surface area contributed by atoms with Gasteiger partial charge in [-0.15, -0.1) is 0 Å². The summed E-state index contributed by atoms with van der Waals surface area (Å²) in [5, 5.41) is 0. The minimum atomic E-state index is -0.0751. The summed E-state index contributed by atoms with van der Waals surface area (Å²) in [6, 6.07) is 2.01. The Morgan fingerprint density at radius 2 is 2.28 bits per heavy atom. The van der Waals surface area contributed by atoms with Crippen molar-refractivity contribution >= 4 is 17.1 Å². The maximum Gasteiger partial charge on any atom is 0.202 e. The molecular formula is C13H18N4O. The van der Waals surface area contributed by atoms with E-state index in [4.69, 9.17) is 10.5 Å². The Kier molecular flexibility index (Phi) is 2.52. The molecule has 0 atom stereocenters. The molecule has 2 heterocycles. The molecule has 5 heteroatoms. The first-order valence-corrected chi connectivity index (χ1v) is 6.27. The quantitative estimate of drug-likeness (QED) is 0.898. The van der Waals surface area contributed by atoms with Crippen molar-refractivity contribution in [3.05, 3.63) is 17.8 Å². The van der Waals surface area contributed by atoms with Crippen molar-refractivity contribution < 1.29 is 4.74 Å². The zero-order valence-corrected chi connectivity index (χ0v) is 10.8. The number of nitrogen functional groups attached to an aromatic ring is 1. The number of pyridine rings is 1. The van der Waals surface area contributed by atoms with E-state index in [1.165, 1.54) is 6.42 Å². The van der Waals surface area contributed by atoms with Crippen molar-refractivity contribution in [2.45, 2.75) is 38.3 Å². The van der Waals surface area contributed by atoms with Gasteiger partial charge in [0.1, 0.15) is 5.52 Å². The van der Waals surface area contributed by atoms with Gasteiger partial charge in [-0.05, 0) is 37.8 Å². The van der Waals surface area contributed by atoms with Crippen LogP contribution in [0, 0.1) is 6.92 Å². The number of anilines is 1. The minimum Gasteiger partial charge on any atom is -0.376 e. The highest BCUT2D eigenvalue weighted by molar-refractivity contribution is 5.74. The molecule has 1 fully saturated rings. The number of ether oxygens (including phenoxy) is 1. The van der Waals surface area contributed by atoms with E-state index in [0.717, 1.165) is 36.1 Å². The summed E-state index contributed by atoms with van der Waals surface area (Å²) in [7, 11) is 1.77. The maximum absolute atomic E-state index is 6.00. The molecule has 1 aliphatic carbocycles. The Hall–Kier alpha value is -1.62. The molecule has 2 N–H and O–H groups in total. The summed E-state index contributed by atoms with van der Waals surface area (Å²) in [6.07, 6.45) is 5.22. The van der Waals surface area contributed by atoms with Gasteiger partial charge in [0.25, 0.3) is 0 Å². The van der Waals surface area contributed by atoms with Gasteiger partial charge in [0.05, 0.1) is 12.1 Å². The van der Waals surface area contributed by atoms with Gasteiger partial charge < -0.3 is 10.5 Å². The number of aromatic nitrogens is 3. The lowest BCUT2D eigenvalue weighted by Crippen LogP contribution is -2.43. The van der Waals surface area contributed by atoms with Crippen molar-refractivity contribution in [3.8, 4) is 0 Å². The fourth-order valence-corrected chi connectivity index (χ4v) is 2.57. The Bertz CT molecular complexity index is 580. The summed E-state index contributed by atoms with van der Waals surface area (Å²) in [5.74, 6) is 0.520. The number of hydrogen-bond acceptors (Lipinski definition) is 4. The molecule has 2 aromatic rings. The fraction of sp³-hybridized carbons (Fsp3) is 0.538. The topological polar surface area (TPSA) is 66.0 Å². The zero-order chi connectivity index (χ0) is 12.8. The summed E-state index contributed by atoms with van der Waals surface area (Å²) in [6.45, 7) is 2.74. The van der Waals surface area contributed by atoms with Crippen LogP contribution in [0.4, 0.5) is 5.95 Å². The summed E-state index contributed by atoms with van der Waals surface area (Å²) >= 11 is 0. The number of nitrogens with two attached hydrogens (primary N) is 1. The molecule has 96 valence electrons. The average Bonchev–Trinajstić information content (AvgIpc) is 2.59. The van der Waals surface area contributed by atoms with Gasteiger partial charge >= 0.3 is 0 Å². The lowest BCUT2D eigenvalue weighted by molar-refractivity contribution is -0.0825. The largest absolute Gasteiger partial charge is 0.376 e. The Labute approximate surface area is 106 Å². The van der Waals surface area contributed by atoms with Crippen LogP contribution in [-0.4, -0.2) is 27.2 Å². The molecule has 3 rings (SSSR count). The zero-order valence-electron chi connectivity index (χ0n) is 10.8. The number of fused-ring (bicyclic) bond motifs is 1. The van der Waals surface area contributed by atoms with E-state index in [1.54, 1.807) is 7.11 Å². The molecule has 0 aliphatic heterocycles. The minimum absolute atomic E-state index is 0.0751. The van der Waals surface area contributed by atoms with Gasteiger partial charge in [-0.25, -0.2) is 9.97 Å². The van der Waals surface area contributed by atoms with Crippen LogP contribution in [0.15, 0.2) is 12.3 Å². The van der Waals surface area contributed by atoms with Gasteiger partial charge in [-0.3, -0.25) is 4.57 Å². The number of imidazole rings is 1. The molecule has 0 unspecified atom stereocenters. The van der Waals surface area contributed by atoms with E-state index in [1.807, 2.05) is 23.8 Å². The first-order chi connectivity index (χ1) is 8.63. The summed E-state index contributed by atoms with van der Waals surface area (Å²) in [4.78, 5) is 8.82. The van der Waals surface area contributed by atoms with Gasteiger partial charge in [0.2, 0.25) is 5.95 Å². The van der Waals surface area contributed by atoms with Crippen molar-refractivity contribution in [3.63, 3.8) is 0 Å². The van der Waals surface area contributed by atoms with Crippen molar-refractivity contribution in [2.24, 2.45) is 0 Å². The Morgan fingerprint density at radius 3 is 2.89 bits per heavy atom. The fourth-order valence-electron chi connectivity index (χ4n) is 2.57. The maximum atomic E-state index is 6.00. The summed E-state index contributed by atoms with van der Waals surface area (Å²) in [5.41, 5.74) is 8.73. The number of rotatable bonds is 3. The molecule has 0 saturated heterocycles. The monoisotopic (exact) mass is 246 g/mol.